The van der Waals surface area contributed by atoms with Crippen LogP contribution in [0.25, 0.3) is 0 Å². The Labute approximate surface area is 207 Å². The largest absolute Gasteiger partial charge is 0.507 e. The zero-order valence-corrected chi connectivity index (χ0v) is 20.4. The van der Waals surface area contributed by atoms with Gasteiger partial charge in [-0.15, -0.1) is 0 Å². The molecule has 0 fully saturated rings. The number of methoxy groups -OCH3 is 2. The number of rotatable bonds is 7. The van der Waals surface area contributed by atoms with E-state index in [4.69, 9.17) is 14.2 Å². The summed E-state index contributed by atoms with van der Waals surface area (Å²) in [5.41, 5.74) is 1.99. The van der Waals surface area contributed by atoms with Gasteiger partial charge in [-0.25, -0.2) is 0 Å². The number of aryl methyl sites for hydroxylation is 1. The molecule has 1 aliphatic heterocycles. The van der Waals surface area contributed by atoms with Gasteiger partial charge in [0.25, 0.3) is 0 Å². The topological polar surface area (TPSA) is 135 Å². The molecule has 9 nitrogen and oxygen atoms in total. The first-order chi connectivity index (χ1) is 17.2. The molecule has 0 saturated carbocycles. The van der Waals surface area contributed by atoms with Gasteiger partial charge in [-0.3, -0.25) is 14.6 Å². The zero-order valence-electron chi connectivity index (χ0n) is 20.4. The van der Waals surface area contributed by atoms with Gasteiger partial charge in [0.05, 0.1) is 38.5 Å². The molecule has 0 spiro atoms. The number of ketones is 1. The average Bonchev–Trinajstić information content (AvgIpc) is 3.30. The van der Waals surface area contributed by atoms with Crippen LogP contribution in [0.3, 0.4) is 0 Å². The Kier molecular flexibility index (Phi) is 6.85. The standard InChI is InChI=1S/C27H27NO8/c1-13-24(31)22-15(11-28-13)12-36-27(22)19-9-17(14(2)29)25(32)23(26(19)33)18(10-21(30)35-4)16-7-5-6-8-20(16)34-3/h5-9,11,18,27,31-33H,10,12H2,1-4H3/t18-,27-/m0/s1. The van der Waals surface area contributed by atoms with Crippen LogP contribution in [0, 0.1) is 6.92 Å². The minimum absolute atomic E-state index is 0.0464. The molecule has 36 heavy (non-hydrogen) atoms. The predicted molar refractivity (Wildman–Crippen MR) is 129 cm³/mol. The van der Waals surface area contributed by atoms with Crippen LogP contribution in [0.2, 0.25) is 0 Å². The molecule has 0 unspecified atom stereocenters. The molecule has 1 aromatic heterocycles. The van der Waals surface area contributed by atoms with Crippen molar-refractivity contribution in [1.29, 1.82) is 0 Å². The highest BCUT2D eigenvalue weighted by Gasteiger charge is 2.36. The lowest BCUT2D eigenvalue weighted by Crippen LogP contribution is -2.14. The fourth-order valence-corrected chi connectivity index (χ4v) is 4.64. The molecular formula is C27H27NO8. The van der Waals surface area contributed by atoms with Gasteiger partial charge < -0.3 is 29.5 Å². The summed E-state index contributed by atoms with van der Waals surface area (Å²) in [4.78, 5) is 29.2. The van der Waals surface area contributed by atoms with Crippen molar-refractivity contribution in [3.8, 4) is 23.0 Å². The van der Waals surface area contributed by atoms with Gasteiger partial charge in [-0.2, -0.15) is 0 Å². The molecule has 0 saturated heterocycles. The number of esters is 1. The SMILES string of the molecule is COC(=O)C[C@@H](c1ccccc1OC)c1c(O)c(C(C)=O)cc([C@@H]2OCc3cnc(C)c(O)c32)c1O. The number of carbonyl (C=O) groups is 2. The summed E-state index contributed by atoms with van der Waals surface area (Å²) < 4.78 is 16.3. The van der Waals surface area contributed by atoms with Gasteiger partial charge in [-0.1, -0.05) is 18.2 Å². The van der Waals surface area contributed by atoms with Crippen molar-refractivity contribution < 1.29 is 39.1 Å². The predicted octanol–water partition coefficient (Wildman–Crippen LogP) is 4.03. The number of carbonyl (C=O) groups excluding carboxylic acids is 2. The molecule has 2 aromatic carbocycles. The fraction of sp³-hybridized carbons (Fsp3) is 0.296. The minimum atomic E-state index is -0.935. The van der Waals surface area contributed by atoms with Crippen molar-refractivity contribution in [2.75, 3.05) is 14.2 Å². The number of Topliss-reactive ketones (excluding diaryl/α,β-unsaturated/α-hetero) is 1. The van der Waals surface area contributed by atoms with Gasteiger partial charge in [0.15, 0.2) is 5.78 Å². The first-order valence-corrected chi connectivity index (χ1v) is 11.3. The van der Waals surface area contributed by atoms with Crippen LogP contribution in [0.4, 0.5) is 0 Å². The van der Waals surface area contributed by atoms with Crippen LogP contribution < -0.4 is 4.74 Å². The summed E-state index contributed by atoms with van der Waals surface area (Å²) >= 11 is 0. The van der Waals surface area contributed by atoms with E-state index in [2.05, 4.69) is 4.98 Å². The van der Waals surface area contributed by atoms with Crippen LogP contribution in [0.5, 0.6) is 23.0 Å². The molecule has 9 heteroatoms. The van der Waals surface area contributed by atoms with E-state index in [9.17, 15) is 24.9 Å². The van der Waals surface area contributed by atoms with E-state index in [-0.39, 0.29) is 41.2 Å². The van der Waals surface area contributed by atoms with Crippen molar-refractivity contribution >= 4 is 11.8 Å². The lowest BCUT2D eigenvalue weighted by atomic mass is 9.82. The Morgan fingerprint density at radius 3 is 2.53 bits per heavy atom. The van der Waals surface area contributed by atoms with Gasteiger partial charge in [-0.05, 0) is 26.0 Å². The number of pyridine rings is 1. The number of aromatic hydroxyl groups is 3. The van der Waals surface area contributed by atoms with Crippen LogP contribution >= 0.6 is 0 Å². The van der Waals surface area contributed by atoms with E-state index in [0.29, 0.717) is 28.1 Å². The van der Waals surface area contributed by atoms with E-state index in [1.54, 1.807) is 37.4 Å². The summed E-state index contributed by atoms with van der Waals surface area (Å²) in [6.45, 7) is 3.05. The number of hydrogen-bond acceptors (Lipinski definition) is 9. The van der Waals surface area contributed by atoms with Crippen molar-refractivity contribution in [2.24, 2.45) is 0 Å². The third-order valence-corrected chi connectivity index (χ3v) is 6.49. The number of para-hydroxylation sites is 1. The molecule has 0 radical (unpaired) electrons. The summed E-state index contributed by atoms with van der Waals surface area (Å²) in [5, 5.41) is 33.5. The van der Waals surface area contributed by atoms with Crippen molar-refractivity contribution in [3.63, 3.8) is 0 Å². The molecule has 2 heterocycles. The fourth-order valence-electron chi connectivity index (χ4n) is 4.64. The van der Waals surface area contributed by atoms with Crippen LogP contribution in [-0.2, 0) is 20.9 Å². The van der Waals surface area contributed by atoms with Crippen LogP contribution in [0.15, 0.2) is 36.5 Å². The second-order valence-electron chi connectivity index (χ2n) is 8.58. The molecule has 3 N–H and O–H groups in total. The van der Waals surface area contributed by atoms with E-state index >= 15 is 0 Å². The number of fused-ring (bicyclic) bond motifs is 1. The Morgan fingerprint density at radius 2 is 1.86 bits per heavy atom. The van der Waals surface area contributed by atoms with Gasteiger partial charge in [0.1, 0.15) is 29.1 Å². The number of ether oxygens (including phenoxy) is 3. The minimum Gasteiger partial charge on any atom is -0.507 e. The molecule has 0 aliphatic carbocycles. The third kappa shape index (κ3) is 4.22. The van der Waals surface area contributed by atoms with Crippen molar-refractivity contribution in [3.05, 3.63) is 75.6 Å². The number of phenolic OH excluding ortho intramolecular Hbond substituents is 2. The van der Waals surface area contributed by atoms with E-state index in [1.165, 1.54) is 27.2 Å². The Hall–Kier alpha value is -4.11. The molecule has 1 aliphatic rings. The molecule has 4 rings (SSSR count). The van der Waals surface area contributed by atoms with Crippen molar-refractivity contribution in [1.82, 2.24) is 4.98 Å². The molecule has 188 valence electrons. The zero-order chi connectivity index (χ0) is 26.1. The molecular weight excluding hydrogens is 466 g/mol. The quantitative estimate of drug-likeness (QED) is 0.329. The number of aromatic nitrogens is 1. The van der Waals surface area contributed by atoms with E-state index in [0.717, 1.165) is 0 Å². The van der Waals surface area contributed by atoms with E-state index < -0.39 is 29.5 Å². The monoisotopic (exact) mass is 493 g/mol. The number of nitrogens with zero attached hydrogens (tertiary/aromatic N) is 1. The maximum absolute atomic E-state index is 12.6. The van der Waals surface area contributed by atoms with Gasteiger partial charge in [0, 0.05) is 39.9 Å². The summed E-state index contributed by atoms with van der Waals surface area (Å²) in [6.07, 6.45) is 0.397. The summed E-state index contributed by atoms with van der Waals surface area (Å²) in [7, 11) is 2.70. The smallest absolute Gasteiger partial charge is 0.306 e. The van der Waals surface area contributed by atoms with Crippen LogP contribution in [0.1, 0.15) is 69.2 Å². The molecule has 3 aromatic rings. The first kappa shape index (κ1) is 25.0. The first-order valence-electron chi connectivity index (χ1n) is 11.3. The number of hydrogen-bond donors (Lipinski definition) is 3. The highest BCUT2D eigenvalue weighted by Crippen LogP contribution is 2.51. The Bertz CT molecular complexity index is 1350. The van der Waals surface area contributed by atoms with E-state index in [1.807, 2.05) is 0 Å². The number of benzene rings is 2. The number of phenols is 2. The van der Waals surface area contributed by atoms with Crippen molar-refractivity contribution in [2.45, 2.75) is 38.9 Å². The highest BCUT2D eigenvalue weighted by molar-refractivity contribution is 5.98. The lowest BCUT2D eigenvalue weighted by Gasteiger charge is -2.25. The highest BCUT2D eigenvalue weighted by atomic mass is 16.5. The molecule has 2 atom stereocenters. The molecule has 0 amide bonds. The summed E-state index contributed by atoms with van der Waals surface area (Å²) in [6, 6.07) is 8.22. The Morgan fingerprint density at radius 1 is 1.14 bits per heavy atom. The van der Waals surface area contributed by atoms with Gasteiger partial charge >= 0.3 is 5.97 Å². The Balaban J connectivity index is 2.01. The second-order valence-corrected chi connectivity index (χ2v) is 8.58. The molecule has 0 bridgehead atoms. The average molecular weight is 494 g/mol. The maximum atomic E-state index is 12.6. The lowest BCUT2D eigenvalue weighted by molar-refractivity contribution is -0.140. The van der Waals surface area contributed by atoms with Crippen LogP contribution in [-0.4, -0.2) is 46.3 Å². The maximum Gasteiger partial charge on any atom is 0.306 e. The normalized spacial score (nSPS) is 15.3. The summed E-state index contributed by atoms with van der Waals surface area (Å²) in [5.74, 6) is -2.48. The van der Waals surface area contributed by atoms with Gasteiger partial charge in [0.2, 0.25) is 0 Å². The second kappa shape index (κ2) is 9.87. The third-order valence-electron chi connectivity index (χ3n) is 6.49.